The maximum Gasteiger partial charge on any atom is 0.123 e. The Morgan fingerprint density at radius 2 is 2.36 bits per heavy atom. The first-order chi connectivity index (χ1) is 6.83. The summed E-state index contributed by atoms with van der Waals surface area (Å²) in [6.45, 7) is 4.07. The van der Waals surface area contributed by atoms with Gasteiger partial charge in [0.2, 0.25) is 0 Å². The van der Waals surface area contributed by atoms with Gasteiger partial charge >= 0.3 is 0 Å². The van der Waals surface area contributed by atoms with Gasteiger partial charge in [0.25, 0.3) is 0 Å². The topological polar surface area (TPSA) is 21.3 Å². The van der Waals surface area contributed by atoms with Crippen LogP contribution in [0.1, 0.15) is 23.5 Å². The molecular formula is C12H17NO. The third-order valence-electron chi connectivity index (χ3n) is 2.88. The number of aryl methyl sites for hydroxylation is 1. The SMILES string of the molecule is CNCCC1COc2cccc(C)c21. The maximum atomic E-state index is 5.66. The van der Waals surface area contributed by atoms with E-state index in [2.05, 4.69) is 30.4 Å². The molecule has 76 valence electrons. The van der Waals surface area contributed by atoms with Crippen molar-refractivity contribution >= 4 is 0 Å². The number of nitrogens with one attached hydrogen (secondary N) is 1. The molecule has 0 radical (unpaired) electrons. The lowest BCUT2D eigenvalue weighted by Crippen LogP contribution is -2.13. The lowest BCUT2D eigenvalue weighted by molar-refractivity contribution is 0.324. The molecule has 14 heavy (non-hydrogen) atoms. The van der Waals surface area contributed by atoms with Gasteiger partial charge in [0, 0.05) is 11.5 Å². The van der Waals surface area contributed by atoms with Gasteiger partial charge in [0.05, 0.1) is 6.61 Å². The first kappa shape index (κ1) is 9.53. The summed E-state index contributed by atoms with van der Waals surface area (Å²) in [5.74, 6) is 1.67. The Balaban J connectivity index is 2.20. The Labute approximate surface area is 85.3 Å². The average molecular weight is 191 g/mol. The predicted molar refractivity (Wildman–Crippen MR) is 58.0 cm³/mol. The molecule has 1 aliphatic heterocycles. The second-order valence-electron chi connectivity index (χ2n) is 3.89. The molecule has 2 nitrogen and oxygen atoms in total. The fraction of sp³-hybridized carbons (Fsp3) is 0.500. The Hall–Kier alpha value is -1.02. The van der Waals surface area contributed by atoms with Gasteiger partial charge in [0.1, 0.15) is 5.75 Å². The number of hydrogen-bond acceptors (Lipinski definition) is 2. The lowest BCUT2D eigenvalue weighted by Gasteiger charge is -2.10. The largest absolute Gasteiger partial charge is 0.493 e. The van der Waals surface area contributed by atoms with E-state index in [-0.39, 0.29) is 0 Å². The summed E-state index contributed by atoms with van der Waals surface area (Å²) in [6.07, 6.45) is 1.16. The number of fused-ring (bicyclic) bond motifs is 1. The minimum atomic E-state index is 0.582. The van der Waals surface area contributed by atoms with Crippen LogP contribution in [0.25, 0.3) is 0 Å². The summed E-state index contributed by atoms with van der Waals surface area (Å²) in [5.41, 5.74) is 2.78. The van der Waals surface area contributed by atoms with Crippen LogP contribution in [0.3, 0.4) is 0 Å². The van der Waals surface area contributed by atoms with E-state index < -0.39 is 0 Å². The molecule has 0 amide bonds. The normalized spacial score (nSPS) is 19.1. The zero-order valence-corrected chi connectivity index (χ0v) is 8.84. The highest BCUT2D eigenvalue weighted by Crippen LogP contribution is 2.37. The van der Waals surface area contributed by atoms with E-state index in [9.17, 15) is 0 Å². The van der Waals surface area contributed by atoms with Gasteiger partial charge in [0.15, 0.2) is 0 Å². The monoisotopic (exact) mass is 191 g/mol. The van der Waals surface area contributed by atoms with Gasteiger partial charge in [-0.2, -0.15) is 0 Å². The second-order valence-corrected chi connectivity index (χ2v) is 3.89. The number of rotatable bonds is 3. The second kappa shape index (κ2) is 4.01. The molecule has 2 rings (SSSR count). The highest BCUT2D eigenvalue weighted by atomic mass is 16.5. The zero-order valence-electron chi connectivity index (χ0n) is 8.84. The van der Waals surface area contributed by atoms with Crippen molar-refractivity contribution in [1.82, 2.24) is 5.32 Å². The molecule has 2 heteroatoms. The van der Waals surface area contributed by atoms with Crippen LogP contribution in [0.2, 0.25) is 0 Å². The summed E-state index contributed by atoms with van der Waals surface area (Å²) in [6, 6.07) is 6.30. The fourth-order valence-electron chi connectivity index (χ4n) is 2.12. The van der Waals surface area contributed by atoms with Crippen molar-refractivity contribution in [3.05, 3.63) is 29.3 Å². The molecule has 1 heterocycles. The smallest absolute Gasteiger partial charge is 0.123 e. The molecular weight excluding hydrogens is 174 g/mol. The Morgan fingerprint density at radius 1 is 1.50 bits per heavy atom. The summed E-state index contributed by atoms with van der Waals surface area (Å²) >= 11 is 0. The minimum Gasteiger partial charge on any atom is -0.493 e. The van der Waals surface area contributed by atoms with E-state index in [0.29, 0.717) is 5.92 Å². The molecule has 0 fully saturated rings. The third kappa shape index (κ3) is 1.62. The summed E-state index contributed by atoms with van der Waals surface area (Å²) < 4.78 is 5.66. The predicted octanol–water partition coefficient (Wildman–Crippen LogP) is 2.08. The van der Waals surface area contributed by atoms with Crippen LogP contribution in [-0.4, -0.2) is 20.2 Å². The molecule has 1 aromatic carbocycles. The fourth-order valence-corrected chi connectivity index (χ4v) is 2.12. The highest BCUT2D eigenvalue weighted by Gasteiger charge is 2.24. The highest BCUT2D eigenvalue weighted by molar-refractivity contribution is 5.45. The quantitative estimate of drug-likeness (QED) is 0.789. The Morgan fingerprint density at radius 3 is 3.14 bits per heavy atom. The van der Waals surface area contributed by atoms with Crippen LogP contribution in [0.5, 0.6) is 5.75 Å². The molecule has 0 aromatic heterocycles. The van der Waals surface area contributed by atoms with Crippen LogP contribution in [0, 0.1) is 6.92 Å². The summed E-state index contributed by atoms with van der Waals surface area (Å²) in [5, 5.41) is 3.19. The van der Waals surface area contributed by atoms with Crippen molar-refractivity contribution in [3.63, 3.8) is 0 Å². The van der Waals surface area contributed by atoms with E-state index in [1.165, 1.54) is 11.1 Å². The third-order valence-corrected chi connectivity index (χ3v) is 2.88. The molecule has 1 N–H and O–H groups in total. The van der Waals surface area contributed by atoms with Crippen LogP contribution in [-0.2, 0) is 0 Å². The van der Waals surface area contributed by atoms with E-state index >= 15 is 0 Å². The van der Waals surface area contributed by atoms with E-state index in [1.54, 1.807) is 0 Å². The van der Waals surface area contributed by atoms with Gasteiger partial charge in [-0.1, -0.05) is 12.1 Å². The molecule has 1 aliphatic rings. The maximum absolute atomic E-state index is 5.66. The molecule has 1 unspecified atom stereocenters. The molecule has 0 aliphatic carbocycles. The Kier molecular flexibility index (Phi) is 2.73. The first-order valence-corrected chi connectivity index (χ1v) is 5.20. The van der Waals surface area contributed by atoms with E-state index in [1.807, 2.05) is 7.05 Å². The summed E-state index contributed by atoms with van der Waals surface area (Å²) in [7, 11) is 1.99. The molecule has 1 aromatic rings. The van der Waals surface area contributed by atoms with Crippen molar-refractivity contribution in [3.8, 4) is 5.75 Å². The van der Waals surface area contributed by atoms with Crippen molar-refractivity contribution in [2.45, 2.75) is 19.3 Å². The van der Waals surface area contributed by atoms with E-state index in [0.717, 1.165) is 25.3 Å². The molecule has 1 atom stereocenters. The standard InChI is InChI=1S/C12H17NO/c1-9-4-3-5-11-12(9)10(8-14-11)6-7-13-2/h3-5,10,13H,6-8H2,1-2H3. The summed E-state index contributed by atoms with van der Waals surface area (Å²) in [4.78, 5) is 0. The minimum absolute atomic E-state index is 0.582. The van der Waals surface area contributed by atoms with E-state index in [4.69, 9.17) is 4.74 Å². The van der Waals surface area contributed by atoms with Gasteiger partial charge in [-0.25, -0.2) is 0 Å². The van der Waals surface area contributed by atoms with Gasteiger partial charge < -0.3 is 10.1 Å². The zero-order chi connectivity index (χ0) is 9.97. The molecule has 0 bridgehead atoms. The van der Waals surface area contributed by atoms with Crippen molar-refractivity contribution in [2.24, 2.45) is 0 Å². The van der Waals surface area contributed by atoms with Crippen LogP contribution in [0.4, 0.5) is 0 Å². The van der Waals surface area contributed by atoms with Crippen molar-refractivity contribution in [1.29, 1.82) is 0 Å². The van der Waals surface area contributed by atoms with Crippen LogP contribution in [0.15, 0.2) is 18.2 Å². The Bertz CT molecular complexity index is 322. The van der Waals surface area contributed by atoms with Gasteiger partial charge in [-0.05, 0) is 38.6 Å². The number of benzene rings is 1. The van der Waals surface area contributed by atoms with Crippen LogP contribution < -0.4 is 10.1 Å². The van der Waals surface area contributed by atoms with Gasteiger partial charge in [-0.3, -0.25) is 0 Å². The van der Waals surface area contributed by atoms with Crippen LogP contribution >= 0.6 is 0 Å². The number of ether oxygens (including phenoxy) is 1. The van der Waals surface area contributed by atoms with Crippen molar-refractivity contribution in [2.75, 3.05) is 20.2 Å². The number of hydrogen-bond donors (Lipinski definition) is 1. The molecule has 0 saturated carbocycles. The lowest BCUT2D eigenvalue weighted by atomic mass is 9.94. The molecule has 0 saturated heterocycles. The van der Waals surface area contributed by atoms with Crippen molar-refractivity contribution < 1.29 is 4.74 Å². The first-order valence-electron chi connectivity index (χ1n) is 5.20. The average Bonchev–Trinajstić information content (AvgIpc) is 2.59. The van der Waals surface area contributed by atoms with Gasteiger partial charge in [-0.15, -0.1) is 0 Å². The molecule has 0 spiro atoms.